The molecule has 1 aromatic carbocycles. The number of aliphatic hydroxyl groups excluding tert-OH is 1. The van der Waals surface area contributed by atoms with Gasteiger partial charge in [0.05, 0.1) is 6.10 Å². The van der Waals surface area contributed by atoms with Crippen molar-refractivity contribution < 1.29 is 5.11 Å². The Kier molecular flexibility index (Phi) is 6.25. The third kappa shape index (κ3) is 5.12. The Morgan fingerprint density at radius 3 is 2.33 bits per heavy atom. The molecule has 1 saturated carbocycles. The minimum Gasteiger partial charge on any atom is -0.387 e. The second kappa shape index (κ2) is 7.95. The van der Waals surface area contributed by atoms with Crippen LogP contribution >= 0.6 is 0 Å². The molecule has 118 valence electrons. The molecule has 1 N–H and O–H groups in total. The number of nitrogens with zero attached hydrogens (tertiary/aromatic N) is 1. The topological polar surface area (TPSA) is 23.5 Å². The first-order chi connectivity index (χ1) is 10.1. The number of rotatable bonds is 8. The quantitative estimate of drug-likeness (QED) is 0.780. The maximum Gasteiger partial charge on any atom is 0.0916 e. The first kappa shape index (κ1) is 16.5. The molecule has 0 heterocycles. The minimum atomic E-state index is -0.363. The predicted octanol–water partition coefficient (Wildman–Crippen LogP) is 4.04. The van der Waals surface area contributed by atoms with E-state index in [1.807, 2.05) is 0 Å². The van der Waals surface area contributed by atoms with E-state index in [1.54, 1.807) is 0 Å². The van der Waals surface area contributed by atoms with Crippen molar-refractivity contribution in [2.24, 2.45) is 11.8 Å². The maximum absolute atomic E-state index is 10.5. The lowest BCUT2D eigenvalue weighted by Gasteiger charge is -2.32. The Morgan fingerprint density at radius 1 is 1.19 bits per heavy atom. The van der Waals surface area contributed by atoms with E-state index in [9.17, 15) is 5.11 Å². The molecule has 0 amide bonds. The predicted molar refractivity (Wildman–Crippen MR) is 89.4 cm³/mol. The van der Waals surface area contributed by atoms with Gasteiger partial charge < -0.3 is 10.0 Å². The standard InChI is InChI=1S/C19H31NO/c1-4-20(13-17-6-5-7-17)14-19(21)18-10-8-16(9-11-18)12-15(2)3/h8-11,15,17,19,21H,4-7,12-14H2,1-3H3. The van der Waals surface area contributed by atoms with Crippen LogP contribution in [0.3, 0.4) is 0 Å². The molecule has 2 heteroatoms. The molecule has 1 fully saturated rings. The third-order valence-corrected chi connectivity index (χ3v) is 4.63. The molecule has 1 unspecified atom stereocenters. The van der Waals surface area contributed by atoms with E-state index in [-0.39, 0.29) is 6.10 Å². The fourth-order valence-corrected chi connectivity index (χ4v) is 3.07. The number of hydrogen-bond donors (Lipinski definition) is 1. The smallest absolute Gasteiger partial charge is 0.0916 e. The van der Waals surface area contributed by atoms with Crippen LogP contribution in [0.2, 0.25) is 0 Å². The summed E-state index contributed by atoms with van der Waals surface area (Å²) in [6.07, 6.45) is 4.88. The van der Waals surface area contributed by atoms with Crippen molar-refractivity contribution in [3.05, 3.63) is 35.4 Å². The van der Waals surface area contributed by atoms with Crippen molar-refractivity contribution in [1.29, 1.82) is 0 Å². The van der Waals surface area contributed by atoms with Crippen LogP contribution in [0.15, 0.2) is 24.3 Å². The van der Waals surface area contributed by atoms with E-state index in [4.69, 9.17) is 0 Å². The van der Waals surface area contributed by atoms with Gasteiger partial charge in [-0.05, 0) is 48.8 Å². The maximum atomic E-state index is 10.5. The lowest BCUT2D eigenvalue weighted by Crippen LogP contribution is -2.35. The van der Waals surface area contributed by atoms with Gasteiger partial charge >= 0.3 is 0 Å². The van der Waals surface area contributed by atoms with Gasteiger partial charge in [-0.3, -0.25) is 0 Å². The largest absolute Gasteiger partial charge is 0.387 e. The van der Waals surface area contributed by atoms with E-state index in [0.717, 1.165) is 37.5 Å². The number of likely N-dealkylation sites (N-methyl/N-ethyl adjacent to an activating group) is 1. The Hall–Kier alpha value is -0.860. The highest BCUT2D eigenvalue weighted by molar-refractivity contribution is 5.24. The SMILES string of the molecule is CCN(CC1CCC1)CC(O)c1ccc(CC(C)C)cc1. The van der Waals surface area contributed by atoms with Gasteiger partial charge in [0.2, 0.25) is 0 Å². The van der Waals surface area contributed by atoms with Gasteiger partial charge in [-0.1, -0.05) is 51.5 Å². The minimum absolute atomic E-state index is 0.363. The summed E-state index contributed by atoms with van der Waals surface area (Å²) in [5.41, 5.74) is 2.41. The van der Waals surface area contributed by atoms with Gasteiger partial charge in [0.1, 0.15) is 0 Å². The molecule has 2 nitrogen and oxygen atoms in total. The summed E-state index contributed by atoms with van der Waals surface area (Å²) in [6, 6.07) is 8.53. The summed E-state index contributed by atoms with van der Waals surface area (Å²) in [5.74, 6) is 1.55. The van der Waals surface area contributed by atoms with Gasteiger partial charge in [0, 0.05) is 13.1 Å². The zero-order valence-electron chi connectivity index (χ0n) is 13.9. The summed E-state index contributed by atoms with van der Waals surface area (Å²) in [7, 11) is 0. The molecule has 0 aromatic heterocycles. The molecule has 0 radical (unpaired) electrons. The van der Waals surface area contributed by atoms with E-state index in [1.165, 1.54) is 24.8 Å². The highest BCUT2D eigenvalue weighted by Gasteiger charge is 2.21. The Bertz CT molecular complexity index is 408. The van der Waals surface area contributed by atoms with Crippen LogP contribution in [-0.2, 0) is 6.42 Å². The second-order valence-corrected chi connectivity index (χ2v) is 7.00. The Balaban J connectivity index is 1.87. The van der Waals surface area contributed by atoms with Crippen LogP contribution in [0.5, 0.6) is 0 Å². The molecule has 0 bridgehead atoms. The van der Waals surface area contributed by atoms with Crippen LogP contribution in [0.4, 0.5) is 0 Å². The normalized spacial score (nSPS) is 17.2. The highest BCUT2D eigenvalue weighted by Crippen LogP contribution is 2.27. The molecule has 1 aliphatic carbocycles. The molecule has 21 heavy (non-hydrogen) atoms. The zero-order valence-corrected chi connectivity index (χ0v) is 13.9. The second-order valence-electron chi connectivity index (χ2n) is 7.00. The first-order valence-electron chi connectivity index (χ1n) is 8.57. The molecule has 1 aromatic rings. The van der Waals surface area contributed by atoms with Crippen molar-refractivity contribution in [2.45, 2.75) is 52.6 Å². The summed E-state index contributed by atoms with van der Waals surface area (Å²) < 4.78 is 0. The van der Waals surface area contributed by atoms with Crippen LogP contribution in [0, 0.1) is 11.8 Å². The van der Waals surface area contributed by atoms with Crippen molar-refractivity contribution in [3.63, 3.8) is 0 Å². The fraction of sp³-hybridized carbons (Fsp3) is 0.684. The zero-order chi connectivity index (χ0) is 15.2. The first-order valence-corrected chi connectivity index (χ1v) is 8.57. The lowest BCUT2D eigenvalue weighted by molar-refractivity contribution is 0.0941. The van der Waals surface area contributed by atoms with Crippen LogP contribution in [-0.4, -0.2) is 29.6 Å². The Morgan fingerprint density at radius 2 is 1.86 bits per heavy atom. The molecular formula is C19H31NO. The fourth-order valence-electron chi connectivity index (χ4n) is 3.07. The van der Waals surface area contributed by atoms with Gasteiger partial charge in [-0.15, -0.1) is 0 Å². The van der Waals surface area contributed by atoms with Crippen molar-refractivity contribution in [3.8, 4) is 0 Å². The summed E-state index contributed by atoms with van der Waals surface area (Å²) in [4.78, 5) is 2.40. The summed E-state index contributed by atoms with van der Waals surface area (Å²) in [6.45, 7) is 9.61. The van der Waals surface area contributed by atoms with Crippen LogP contribution < -0.4 is 0 Å². The van der Waals surface area contributed by atoms with Crippen molar-refractivity contribution in [1.82, 2.24) is 4.90 Å². The Labute approximate surface area is 130 Å². The highest BCUT2D eigenvalue weighted by atomic mass is 16.3. The van der Waals surface area contributed by atoms with Crippen molar-refractivity contribution >= 4 is 0 Å². The van der Waals surface area contributed by atoms with E-state index >= 15 is 0 Å². The van der Waals surface area contributed by atoms with Crippen LogP contribution in [0.1, 0.15) is 57.3 Å². The molecule has 2 rings (SSSR count). The average molecular weight is 289 g/mol. The lowest BCUT2D eigenvalue weighted by atomic mass is 9.85. The van der Waals surface area contributed by atoms with Gasteiger partial charge in [0.15, 0.2) is 0 Å². The number of benzene rings is 1. The summed E-state index contributed by atoms with van der Waals surface area (Å²) >= 11 is 0. The molecule has 1 atom stereocenters. The average Bonchev–Trinajstić information content (AvgIpc) is 2.41. The molecule has 0 saturated heterocycles. The number of aliphatic hydroxyl groups is 1. The molecule has 0 spiro atoms. The number of hydrogen-bond acceptors (Lipinski definition) is 2. The van der Waals surface area contributed by atoms with Gasteiger partial charge in [-0.2, -0.15) is 0 Å². The third-order valence-electron chi connectivity index (χ3n) is 4.63. The van der Waals surface area contributed by atoms with Gasteiger partial charge in [-0.25, -0.2) is 0 Å². The van der Waals surface area contributed by atoms with Crippen LogP contribution in [0.25, 0.3) is 0 Å². The van der Waals surface area contributed by atoms with E-state index in [2.05, 4.69) is 49.9 Å². The molecular weight excluding hydrogens is 258 g/mol. The van der Waals surface area contributed by atoms with E-state index < -0.39 is 0 Å². The van der Waals surface area contributed by atoms with E-state index in [0.29, 0.717) is 5.92 Å². The van der Waals surface area contributed by atoms with Crippen molar-refractivity contribution in [2.75, 3.05) is 19.6 Å². The summed E-state index contributed by atoms with van der Waals surface area (Å²) in [5, 5.41) is 10.5. The molecule has 1 aliphatic rings. The monoisotopic (exact) mass is 289 g/mol. The molecule has 0 aliphatic heterocycles. The van der Waals surface area contributed by atoms with Gasteiger partial charge in [0.25, 0.3) is 0 Å².